The van der Waals surface area contributed by atoms with Gasteiger partial charge in [0.1, 0.15) is 0 Å². The molecule has 0 spiro atoms. The van der Waals surface area contributed by atoms with Crippen molar-refractivity contribution >= 4 is 29.0 Å². The second-order valence-electron chi connectivity index (χ2n) is 6.64. The number of hydrogen-bond donors (Lipinski definition) is 1. The van der Waals surface area contributed by atoms with Crippen molar-refractivity contribution in [3.8, 4) is 5.69 Å². The number of aryl methyl sites for hydroxylation is 2. The van der Waals surface area contributed by atoms with E-state index in [0.29, 0.717) is 5.16 Å². The van der Waals surface area contributed by atoms with E-state index in [1.54, 1.807) is 16.8 Å². The molecule has 4 rings (SSSR count). The summed E-state index contributed by atoms with van der Waals surface area (Å²) in [6.45, 7) is 3.97. The van der Waals surface area contributed by atoms with Gasteiger partial charge in [0.2, 0.25) is 11.6 Å². The molecule has 1 amide bonds. The Labute approximate surface area is 171 Å². The summed E-state index contributed by atoms with van der Waals surface area (Å²) in [7, 11) is 0. The Morgan fingerprint density at radius 3 is 2.62 bits per heavy atom. The minimum Gasteiger partial charge on any atom is -0.325 e. The second-order valence-corrected chi connectivity index (χ2v) is 7.58. The lowest BCUT2D eigenvalue weighted by atomic mass is 10.1. The van der Waals surface area contributed by atoms with Crippen LogP contribution in [0.4, 0.5) is 5.69 Å². The normalized spacial score (nSPS) is 11.0. The Bertz CT molecular complexity index is 1250. The summed E-state index contributed by atoms with van der Waals surface area (Å²) in [5.41, 5.74) is 3.65. The molecule has 29 heavy (non-hydrogen) atoms. The highest BCUT2D eigenvalue weighted by Crippen LogP contribution is 2.19. The molecule has 0 saturated carbocycles. The van der Waals surface area contributed by atoms with E-state index in [1.807, 2.05) is 62.4 Å². The van der Waals surface area contributed by atoms with Crippen molar-refractivity contribution in [1.82, 2.24) is 19.2 Å². The zero-order chi connectivity index (χ0) is 20.4. The number of rotatable bonds is 5. The molecule has 0 fully saturated rings. The number of hydrogen-bond acceptors (Lipinski definition) is 5. The van der Waals surface area contributed by atoms with Gasteiger partial charge >= 0.3 is 5.56 Å². The van der Waals surface area contributed by atoms with Gasteiger partial charge in [-0.25, -0.2) is 0 Å². The number of fused-ring (bicyclic) bond motifs is 1. The highest BCUT2D eigenvalue weighted by atomic mass is 32.2. The molecule has 0 aliphatic rings. The number of aromatic nitrogens is 4. The van der Waals surface area contributed by atoms with E-state index in [-0.39, 0.29) is 22.9 Å². The van der Waals surface area contributed by atoms with Gasteiger partial charge in [0.15, 0.2) is 5.16 Å². The average molecular weight is 405 g/mol. The first-order valence-electron chi connectivity index (χ1n) is 9.04. The number of para-hydroxylation sites is 1. The maximum atomic E-state index is 12.7. The fourth-order valence-corrected chi connectivity index (χ4v) is 3.74. The highest BCUT2D eigenvalue weighted by Gasteiger charge is 2.14. The third kappa shape index (κ3) is 3.93. The molecule has 0 atom stereocenters. The van der Waals surface area contributed by atoms with Crippen molar-refractivity contribution in [2.75, 3.05) is 11.1 Å². The first kappa shape index (κ1) is 18.9. The third-order valence-electron chi connectivity index (χ3n) is 4.46. The van der Waals surface area contributed by atoms with Gasteiger partial charge in [-0.05, 0) is 37.6 Å². The number of benzene rings is 2. The van der Waals surface area contributed by atoms with Gasteiger partial charge in [0.05, 0.1) is 5.75 Å². The van der Waals surface area contributed by atoms with Gasteiger partial charge in [0, 0.05) is 23.8 Å². The van der Waals surface area contributed by atoms with Gasteiger partial charge in [-0.3, -0.25) is 18.6 Å². The summed E-state index contributed by atoms with van der Waals surface area (Å²) in [6.07, 6.45) is 3.40. The number of nitrogens with zero attached hydrogens (tertiary/aromatic N) is 4. The maximum Gasteiger partial charge on any atom is 0.300 e. The van der Waals surface area contributed by atoms with Crippen LogP contribution in [0.3, 0.4) is 0 Å². The monoisotopic (exact) mass is 405 g/mol. The van der Waals surface area contributed by atoms with Gasteiger partial charge in [-0.15, -0.1) is 10.2 Å². The standard InChI is InChI=1S/C21H19N5O2S/c1-14-8-9-17(15(2)12-14)22-18(27)13-29-21-24-23-19-20(28)25(10-11-26(19)21)16-6-4-3-5-7-16/h3-12H,13H2,1-2H3,(H,22,27). The summed E-state index contributed by atoms with van der Waals surface area (Å²) < 4.78 is 3.13. The van der Waals surface area contributed by atoms with Crippen molar-refractivity contribution in [2.24, 2.45) is 0 Å². The summed E-state index contributed by atoms with van der Waals surface area (Å²) in [5.74, 6) is 0.0203. The van der Waals surface area contributed by atoms with Crippen molar-refractivity contribution in [2.45, 2.75) is 19.0 Å². The molecule has 1 N–H and O–H groups in total. The Morgan fingerprint density at radius 2 is 1.86 bits per heavy atom. The molecule has 7 nitrogen and oxygen atoms in total. The van der Waals surface area contributed by atoms with Crippen molar-refractivity contribution in [3.05, 3.63) is 82.4 Å². The molecule has 0 bridgehead atoms. The van der Waals surface area contributed by atoms with E-state index < -0.39 is 0 Å². The SMILES string of the molecule is Cc1ccc(NC(=O)CSc2nnc3c(=O)n(-c4ccccc4)ccn23)c(C)c1. The summed E-state index contributed by atoms with van der Waals surface area (Å²) >= 11 is 1.23. The molecule has 0 unspecified atom stereocenters. The van der Waals surface area contributed by atoms with E-state index in [4.69, 9.17) is 0 Å². The second kappa shape index (κ2) is 7.92. The van der Waals surface area contributed by atoms with Crippen LogP contribution in [-0.2, 0) is 4.79 Å². The van der Waals surface area contributed by atoms with Gasteiger partial charge < -0.3 is 5.32 Å². The molecular formula is C21H19N5O2S. The molecule has 8 heteroatoms. The molecule has 2 heterocycles. The zero-order valence-electron chi connectivity index (χ0n) is 16.0. The van der Waals surface area contributed by atoms with Crippen LogP contribution in [0.25, 0.3) is 11.3 Å². The fraction of sp³-hybridized carbons (Fsp3) is 0.143. The van der Waals surface area contributed by atoms with E-state index in [9.17, 15) is 9.59 Å². The number of anilines is 1. The van der Waals surface area contributed by atoms with Crippen LogP contribution in [0.5, 0.6) is 0 Å². The molecule has 2 aromatic carbocycles. The average Bonchev–Trinajstić information content (AvgIpc) is 3.13. The van der Waals surface area contributed by atoms with Crippen molar-refractivity contribution in [1.29, 1.82) is 0 Å². The Kier molecular flexibility index (Phi) is 5.18. The molecule has 2 aromatic heterocycles. The lowest BCUT2D eigenvalue weighted by Crippen LogP contribution is -2.20. The third-order valence-corrected chi connectivity index (χ3v) is 5.41. The molecule has 0 aliphatic carbocycles. The predicted octanol–water partition coefficient (Wildman–Crippen LogP) is 3.23. The number of carbonyl (C=O) groups is 1. The smallest absolute Gasteiger partial charge is 0.300 e. The summed E-state index contributed by atoms with van der Waals surface area (Å²) in [4.78, 5) is 25.1. The molecular weight excluding hydrogens is 386 g/mol. The summed E-state index contributed by atoms with van der Waals surface area (Å²) in [5, 5.41) is 11.5. The minimum atomic E-state index is -0.266. The first-order valence-corrected chi connectivity index (χ1v) is 10.0. The van der Waals surface area contributed by atoms with Gasteiger partial charge in [-0.2, -0.15) is 0 Å². The van der Waals surface area contributed by atoms with Crippen LogP contribution in [0, 0.1) is 13.8 Å². The molecule has 0 saturated heterocycles. The van der Waals surface area contributed by atoms with E-state index in [1.165, 1.54) is 16.3 Å². The van der Waals surface area contributed by atoms with Crippen LogP contribution in [0.2, 0.25) is 0 Å². The molecule has 0 radical (unpaired) electrons. The van der Waals surface area contributed by atoms with Crippen LogP contribution < -0.4 is 10.9 Å². The Hall–Kier alpha value is -3.39. The number of nitrogens with one attached hydrogen (secondary N) is 1. The fourth-order valence-electron chi connectivity index (χ4n) is 3.03. The number of thioether (sulfide) groups is 1. The topological polar surface area (TPSA) is 81.3 Å². The largest absolute Gasteiger partial charge is 0.325 e. The highest BCUT2D eigenvalue weighted by molar-refractivity contribution is 7.99. The lowest BCUT2D eigenvalue weighted by Gasteiger charge is -2.09. The predicted molar refractivity (Wildman–Crippen MR) is 114 cm³/mol. The maximum absolute atomic E-state index is 12.7. The summed E-state index contributed by atoms with van der Waals surface area (Å²) in [6, 6.07) is 15.2. The van der Waals surface area contributed by atoms with Crippen molar-refractivity contribution < 1.29 is 4.79 Å². The Morgan fingerprint density at radius 1 is 1.07 bits per heavy atom. The van der Waals surface area contributed by atoms with Crippen molar-refractivity contribution in [3.63, 3.8) is 0 Å². The van der Waals surface area contributed by atoms with E-state index in [2.05, 4.69) is 15.5 Å². The Balaban J connectivity index is 1.51. The van der Waals surface area contributed by atoms with E-state index >= 15 is 0 Å². The van der Waals surface area contributed by atoms with Crippen LogP contribution in [0.15, 0.2) is 70.9 Å². The van der Waals surface area contributed by atoms with Crippen LogP contribution in [-0.4, -0.2) is 30.8 Å². The van der Waals surface area contributed by atoms with Crippen LogP contribution >= 0.6 is 11.8 Å². The van der Waals surface area contributed by atoms with Gasteiger partial charge in [-0.1, -0.05) is 47.7 Å². The van der Waals surface area contributed by atoms with Gasteiger partial charge in [0.25, 0.3) is 0 Å². The quantitative estimate of drug-likeness (QED) is 0.516. The molecule has 4 aromatic rings. The number of carbonyl (C=O) groups excluding carboxylic acids is 1. The first-order chi connectivity index (χ1) is 14.0. The zero-order valence-corrected chi connectivity index (χ0v) is 16.8. The molecule has 146 valence electrons. The minimum absolute atomic E-state index is 0.142. The number of amides is 1. The van der Waals surface area contributed by atoms with E-state index in [0.717, 1.165) is 22.5 Å². The lowest BCUT2D eigenvalue weighted by molar-refractivity contribution is -0.113. The molecule has 0 aliphatic heterocycles. The van der Waals surface area contributed by atoms with Crippen LogP contribution in [0.1, 0.15) is 11.1 Å².